The van der Waals surface area contributed by atoms with E-state index >= 15 is 0 Å². The molecule has 0 rings (SSSR count). The number of nitrogens with two attached hydrogens (primary N) is 1. The van der Waals surface area contributed by atoms with Crippen LogP contribution in [0.5, 0.6) is 0 Å². The van der Waals surface area contributed by atoms with Crippen LogP contribution in [-0.4, -0.2) is 17.6 Å². The number of ether oxygens (including phenoxy) is 1. The second-order valence-corrected chi connectivity index (χ2v) is 6.11. The summed E-state index contributed by atoms with van der Waals surface area (Å²) >= 11 is 0. The normalized spacial score (nSPS) is 13.7. The first-order valence-electron chi connectivity index (χ1n) is 7.28. The van der Waals surface area contributed by atoms with Crippen LogP contribution in [0.1, 0.15) is 73.1 Å². The van der Waals surface area contributed by atoms with E-state index in [0.29, 0.717) is 0 Å². The zero-order valence-electron chi connectivity index (χ0n) is 12.8. The van der Waals surface area contributed by atoms with E-state index in [1.807, 2.05) is 27.7 Å². The molecule has 3 heteroatoms. The van der Waals surface area contributed by atoms with Gasteiger partial charge < -0.3 is 10.5 Å². The van der Waals surface area contributed by atoms with E-state index in [-0.39, 0.29) is 11.9 Å². The summed E-state index contributed by atoms with van der Waals surface area (Å²) in [5, 5.41) is 0. The molecule has 0 aliphatic heterocycles. The van der Waals surface area contributed by atoms with Crippen molar-refractivity contribution in [2.45, 2.75) is 84.8 Å². The van der Waals surface area contributed by atoms with Crippen molar-refractivity contribution in [2.75, 3.05) is 0 Å². The minimum atomic E-state index is -0.510. The van der Waals surface area contributed by atoms with Gasteiger partial charge in [0.25, 0.3) is 0 Å². The van der Waals surface area contributed by atoms with Crippen LogP contribution in [0.25, 0.3) is 0 Å². The van der Waals surface area contributed by atoms with Crippen LogP contribution in [0.4, 0.5) is 0 Å². The quantitative estimate of drug-likeness (QED) is 0.506. The summed E-state index contributed by atoms with van der Waals surface area (Å²) in [5.74, 6) is -0.151. The molecule has 0 heterocycles. The van der Waals surface area contributed by atoms with Crippen molar-refractivity contribution in [1.29, 1.82) is 0 Å². The predicted molar refractivity (Wildman–Crippen MR) is 76.4 cm³/mol. The second kappa shape index (κ2) is 8.52. The summed E-state index contributed by atoms with van der Waals surface area (Å²) < 4.78 is 5.50. The number of carbonyl (C=O) groups is 1. The molecule has 0 aromatic carbocycles. The van der Waals surface area contributed by atoms with Gasteiger partial charge in [0.1, 0.15) is 11.6 Å². The molecular formula is C15H31NO2. The van der Waals surface area contributed by atoms with Gasteiger partial charge in [-0.15, -0.1) is 0 Å². The smallest absolute Gasteiger partial charge is 0.323 e. The molecule has 0 aromatic rings. The molecule has 2 N–H and O–H groups in total. The molecule has 0 aliphatic rings. The van der Waals surface area contributed by atoms with Crippen molar-refractivity contribution >= 4 is 5.97 Å². The Morgan fingerprint density at radius 3 is 2.22 bits per heavy atom. The van der Waals surface area contributed by atoms with Gasteiger partial charge in [-0.3, -0.25) is 4.79 Å². The molecule has 18 heavy (non-hydrogen) atoms. The highest BCUT2D eigenvalue weighted by Gasteiger charge is 2.27. The van der Waals surface area contributed by atoms with Crippen molar-refractivity contribution in [3.8, 4) is 0 Å². The third kappa shape index (κ3) is 7.70. The zero-order valence-corrected chi connectivity index (χ0v) is 12.8. The Morgan fingerprint density at radius 2 is 1.72 bits per heavy atom. The highest BCUT2D eigenvalue weighted by Crippen LogP contribution is 2.20. The minimum absolute atomic E-state index is 0.123. The highest BCUT2D eigenvalue weighted by atomic mass is 16.6. The summed E-state index contributed by atoms with van der Waals surface area (Å²) in [6.07, 6.45) is 7.04. The van der Waals surface area contributed by atoms with Crippen LogP contribution in [-0.2, 0) is 9.53 Å². The fraction of sp³-hybridized carbons (Fsp3) is 0.933. The van der Waals surface area contributed by atoms with Gasteiger partial charge in [-0.2, -0.15) is 0 Å². The van der Waals surface area contributed by atoms with Gasteiger partial charge in [-0.25, -0.2) is 0 Å². The molecule has 0 saturated carbocycles. The molecule has 0 amide bonds. The molecule has 108 valence electrons. The van der Waals surface area contributed by atoms with E-state index in [4.69, 9.17) is 10.5 Å². The Morgan fingerprint density at radius 1 is 1.17 bits per heavy atom. The number of unbranched alkanes of at least 4 members (excludes halogenated alkanes) is 4. The molecule has 0 aromatic heterocycles. The number of rotatable bonds is 9. The summed E-state index contributed by atoms with van der Waals surface area (Å²) in [5.41, 5.74) is 5.39. The maximum Gasteiger partial charge on any atom is 0.323 e. The molecular weight excluding hydrogens is 226 g/mol. The second-order valence-electron chi connectivity index (χ2n) is 6.11. The van der Waals surface area contributed by atoms with E-state index in [1.54, 1.807) is 0 Å². The van der Waals surface area contributed by atoms with E-state index in [0.717, 1.165) is 12.8 Å². The van der Waals surface area contributed by atoms with Crippen molar-refractivity contribution < 1.29 is 9.53 Å². The Bertz CT molecular complexity index is 237. The monoisotopic (exact) mass is 257 g/mol. The fourth-order valence-electron chi connectivity index (χ4n) is 1.82. The van der Waals surface area contributed by atoms with Gasteiger partial charge in [0.15, 0.2) is 0 Å². The molecule has 3 nitrogen and oxygen atoms in total. The summed E-state index contributed by atoms with van der Waals surface area (Å²) in [7, 11) is 0. The van der Waals surface area contributed by atoms with Crippen LogP contribution in [0.15, 0.2) is 0 Å². The topological polar surface area (TPSA) is 52.3 Å². The van der Waals surface area contributed by atoms with Crippen LogP contribution in [0.2, 0.25) is 0 Å². The number of carbonyl (C=O) groups excluding carboxylic acids is 1. The Kier molecular flexibility index (Phi) is 8.25. The van der Waals surface area contributed by atoms with E-state index in [2.05, 4.69) is 6.92 Å². The molecule has 0 radical (unpaired) electrons. The van der Waals surface area contributed by atoms with Crippen LogP contribution >= 0.6 is 0 Å². The molecule has 1 unspecified atom stereocenters. The molecule has 0 bridgehead atoms. The third-order valence-corrected chi connectivity index (χ3v) is 3.25. The van der Waals surface area contributed by atoms with Crippen LogP contribution in [0, 0.1) is 5.92 Å². The highest BCUT2D eigenvalue weighted by molar-refractivity contribution is 5.76. The van der Waals surface area contributed by atoms with Crippen LogP contribution < -0.4 is 5.73 Å². The van der Waals surface area contributed by atoms with Gasteiger partial charge in [0.2, 0.25) is 0 Å². The standard InChI is InChI=1S/C15H31NO2/c1-6-7-8-9-10-11-15(4,5)18-14(17)13(16)12(2)3/h12-13H,6-11,16H2,1-5H3. The lowest BCUT2D eigenvalue weighted by atomic mass is 9.99. The first-order chi connectivity index (χ1) is 8.30. The van der Waals surface area contributed by atoms with Crippen molar-refractivity contribution in [3.63, 3.8) is 0 Å². The van der Waals surface area contributed by atoms with E-state index < -0.39 is 11.6 Å². The van der Waals surface area contributed by atoms with Gasteiger partial charge in [-0.05, 0) is 32.6 Å². The SMILES string of the molecule is CCCCCCCC(C)(C)OC(=O)C(N)C(C)C. The average molecular weight is 257 g/mol. The fourth-order valence-corrected chi connectivity index (χ4v) is 1.82. The molecule has 1 atom stereocenters. The minimum Gasteiger partial charge on any atom is -0.459 e. The lowest BCUT2D eigenvalue weighted by molar-refractivity contribution is -0.159. The molecule has 0 spiro atoms. The third-order valence-electron chi connectivity index (χ3n) is 3.25. The maximum atomic E-state index is 11.8. The number of hydrogen-bond donors (Lipinski definition) is 1. The average Bonchev–Trinajstić information content (AvgIpc) is 2.26. The van der Waals surface area contributed by atoms with Gasteiger partial charge in [0, 0.05) is 0 Å². The number of hydrogen-bond acceptors (Lipinski definition) is 3. The van der Waals surface area contributed by atoms with Gasteiger partial charge in [-0.1, -0.05) is 46.5 Å². The van der Waals surface area contributed by atoms with E-state index in [1.165, 1.54) is 25.7 Å². The van der Waals surface area contributed by atoms with Gasteiger partial charge in [0.05, 0.1) is 0 Å². The molecule has 0 aliphatic carbocycles. The van der Waals surface area contributed by atoms with Crippen molar-refractivity contribution in [2.24, 2.45) is 11.7 Å². The first-order valence-corrected chi connectivity index (χ1v) is 7.28. The largest absolute Gasteiger partial charge is 0.459 e. The predicted octanol–water partition coefficient (Wildman–Crippen LogP) is 3.65. The summed E-state index contributed by atoms with van der Waals surface area (Å²) in [6, 6.07) is -0.510. The summed E-state index contributed by atoms with van der Waals surface area (Å²) in [6.45, 7) is 10.0. The first kappa shape index (κ1) is 17.4. The Balaban J connectivity index is 3.95. The lowest BCUT2D eigenvalue weighted by Crippen LogP contribution is -2.41. The maximum absolute atomic E-state index is 11.8. The molecule has 0 saturated heterocycles. The van der Waals surface area contributed by atoms with Crippen molar-refractivity contribution in [1.82, 2.24) is 0 Å². The zero-order chi connectivity index (χ0) is 14.2. The van der Waals surface area contributed by atoms with E-state index in [9.17, 15) is 4.79 Å². The Labute approximate surface area is 112 Å². The number of esters is 1. The lowest BCUT2D eigenvalue weighted by Gasteiger charge is -2.27. The van der Waals surface area contributed by atoms with Crippen LogP contribution in [0.3, 0.4) is 0 Å². The summed E-state index contributed by atoms with van der Waals surface area (Å²) in [4.78, 5) is 11.8. The Hall–Kier alpha value is -0.570. The van der Waals surface area contributed by atoms with Crippen molar-refractivity contribution in [3.05, 3.63) is 0 Å². The van der Waals surface area contributed by atoms with Gasteiger partial charge >= 0.3 is 5.97 Å². The molecule has 0 fully saturated rings.